The van der Waals surface area contributed by atoms with Gasteiger partial charge in [0, 0.05) is 17.8 Å². The van der Waals surface area contributed by atoms with E-state index in [2.05, 4.69) is 14.1 Å². The largest absolute Gasteiger partial charge is 0.497 e. The van der Waals surface area contributed by atoms with Gasteiger partial charge in [0.15, 0.2) is 17.2 Å². The van der Waals surface area contributed by atoms with Crippen LogP contribution in [0.15, 0.2) is 48.7 Å². The number of hydrogen-bond acceptors (Lipinski definition) is 8. The number of methoxy groups -OCH3 is 3. The molecule has 36 heavy (non-hydrogen) atoms. The van der Waals surface area contributed by atoms with E-state index in [-0.39, 0.29) is 17.6 Å². The number of aromatic nitrogens is 2. The van der Waals surface area contributed by atoms with Crippen LogP contribution in [0.1, 0.15) is 54.2 Å². The lowest BCUT2D eigenvalue weighted by Crippen LogP contribution is -2.47. The first-order chi connectivity index (χ1) is 17.5. The molecule has 1 heterocycles. The molecule has 0 bridgehead atoms. The number of rotatable bonds is 9. The van der Waals surface area contributed by atoms with E-state index in [1.807, 2.05) is 0 Å². The van der Waals surface area contributed by atoms with Crippen LogP contribution in [0.4, 0.5) is 5.69 Å². The summed E-state index contributed by atoms with van der Waals surface area (Å²) in [5, 5.41) is 3.19. The van der Waals surface area contributed by atoms with E-state index in [1.54, 1.807) is 56.7 Å². The molecule has 9 nitrogen and oxygen atoms in total. The van der Waals surface area contributed by atoms with Crippen molar-refractivity contribution in [2.24, 2.45) is 0 Å². The molecule has 1 saturated carbocycles. The van der Waals surface area contributed by atoms with Gasteiger partial charge in [0.05, 0.1) is 39.3 Å². The molecule has 4 rings (SSSR count). The predicted octanol–water partition coefficient (Wildman–Crippen LogP) is 4.40. The molecule has 0 aliphatic heterocycles. The van der Waals surface area contributed by atoms with Crippen molar-refractivity contribution in [2.45, 2.75) is 44.2 Å². The zero-order chi connectivity index (χ0) is 25.5. The molecule has 1 fully saturated rings. The smallest absolute Gasteiger partial charge is 0.280 e. The molecule has 3 aromatic rings. The van der Waals surface area contributed by atoms with Gasteiger partial charge in [-0.15, -0.1) is 0 Å². The molecular weight excluding hydrogens is 480 g/mol. The average Bonchev–Trinajstić information content (AvgIpc) is 3.46. The number of hydrogen-bond donors (Lipinski definition) is 1. The van der Waals surface area contributed by atoms with Gasteiger partial charge in [0.2, 0.25) is 5.91 Å². The molecular formula is C26H30N4O5S. The molecule has 1 atom stereocenters. The first-order valence-corrected chi connectivity index (χ1v) is 12.6. The quantitative estimate of drug-likeness (QED) is 0.455. The van der Waals surface area contributed by atoms with Gasteiger partial charge in [-0.25, -0.2) is 0 Å². The van der Waals surface area contributed by atoms with E-state index in [1.165, 1.54) is 18.2 Å². The Labute approximate surface area is 214 Å². The van der Waals surface area contributed by atoms with Crippen LogP contribution in [0.3, 0.4) is 0 Å². The molecule has 10 heteroatoms. The van der Waals surface area contributed by atoms with Gasteiger partial charge in [-0.05, 0) is 42.7 Å². The Bertz CT molecular complexity index is 1180. The maximum Gasteiger partial charge on any atom is 0.280 e. The first kappa shape index (κ1) is 25.4. The third kappa shape index (κ3) is 5.59. The van der Waals surface area contributed by atoms with Crippen molar-refractivity contribution in [1.29, 1.82) is 0 Å². The maximum atomic E-state index is 14.0. The first-order valence-electron chi connectivity index (χ1n) is 11.8. The number of carbonyl (C=O) groups excluding carboxylic acids is 2. The maximum absolute atomic E-state index is 14.0. The minimum Gasteiger partial charge on any atom is -0.497 e. The Morgan fingerprint density at radius 1 is 1.00 bits per heavy atom. The van der Waals surface area contributed by atoms with Crippen molar-refractivity contribution in [1.82, 2.24) is 14.1 Å². The molecule has 0 spiro atoms. The zero-order valence-electron chi connectivity index (χ0n) is 20.6. The Hall–Kier alpha value is -3.66. The molecule has 0 saturated heterocycles. The van der Waals surface area contributed by atoms with Crippen LogP contribution < -0.4 is 24.4 Å². The number of benzene rings is 2. The Balaban J connectivity index is 1.84. The molecule has 0 radical (unpaired) electrons. The fourth-order valence-electron chi connectivity index (χ4n) is 4.49. The number of anilines is 1. The van der Waals surface area contributed by atoms with Gasteiger partial charge in [-0.3, -0.25) is 14.5 Å². The molecule has 2 aromatic carbocycles. The van der Waals surface area contributed by atoms with Gasteiger partial charge < -0.3 is 19.5 Å². The Morgan fingerprint density at radius 3 is 2.44 bits per heavy atom. The SMILES string of the molecule is COc1cccc(N(C(=O)c2cnsn2)C(C(=O)NC2CCCCC2)c2ccc(OC)c(OC)c2)c1. The summed E-state index contributed by atoms with van der Waals surface area (Å²) in [4.78, 5) is 29.3. The summed E-state index contributed by atoms with van der Waals surface area (Å²) < 4.78 is 24.5. The normalized spacial score (nSPS) is 14.5. The number of nitrogens with zero attached hydrogens (tertiary/aromatic N) is 3. The Kier molecular flexibility index (Phi) is 8.37. The topological polar surface area (TPSA) is 103 Å². The predicted molar refractivity (Wildman–Crippen MR) is 137 cm³/mol. The van der Waals surface area contributed by atoms with Gasteiger partial charge in [-0.1, -0.05) is 31.4 Å². The van der Waals surface area contributed by atoms with Gasteiger partial charge >= 0.3 is 0 Å². The summed E-state index contributed by atoms with van der Waals surface area (Å²) in [5.41, 5.74) is 1.21. The van der Waals surface area contributed by atoms with Crippen LogP contribution in [0.5, 0.6) is 17.2 Å². The molecule has 1 aliphatic carbocycles. The van der Waals surface area contributed by atoms with E-state index in [9.17, 15) is 9.59 Å². The van der Waals surface area contributed by atoms with Crippen molar-refractivity contribution in [2.75, 3.05) is 26.2 Å². The molecule has 1 aromatic heterocycles. The molecule has 1 aliphatic rings. The van der Waals surface area contributed by atoms with E-state index < -0.39 is 11.9 Å². The lowest BCUT2D eigenvalue weighted by molar-refractivity contribution is -0.123. The summed E-state index contributed by atoms with van der Waals surface area (Å²) in [6.07, 6.45) is 6.52. The molecule has 190 valence electrons. The second kappa shape index (κ2) is 11.9. The fourth-order valence-corrected chi connectivity index (χ4v) is 4.90. The highest BCUT2D eigenvalue weighted by Crippen LogP contribution is 2.36. The van der Waals surface area contributed by atoms with Crippen LogP contribution in [-0.2, 0) is 4.79 Å². The molecule has 2 amide bonds. The number of ether oxygens (including phenoxy) is 3. The highest BCUT2D eigenvalue weighted by atomic mass is 32.1. The van der Waals surface area contributed by atoms with Crippen LogP contribution in [0, 0.1) is 0 Å². The summed E-state index contributed by atoms with van der Waals surface area (Å²) in [6, 6.07) is 11.3. The van der Waals surface area contributed by atoms with Crippen LogP contribution in [0.25, 0.3) is 0 Å². The third-order valence-corrected chi connectivity index (χ3v) is 6.79. The molecule has 1 N–H and O–H groups in total. The fraction of sp³-hybridized carbons (Fsp3) is 0.385. The van der Waals surface area contributed by atoms with Crippen LogP contribution in [-0.4, -0.2) is 47.9 Å². The zero-order valence-corrected chi connectivity index (χ0v) is 21.4. The van der Waals surface area contributed by atoms with Crippen molar-refractivity contribution >= 4 is 29.2 Å². The van der Waals surface area contributed by atoms with Crippen molar-refractivity contribution in [3.63, 3.8) is 0 Å². The van der Waals surface area contributed by atoms with E-state index in [4.69, 9.17) is 14.2 Å². The van der Waals surface area contributed by atoms with Crippen LogP contribution in [0.2, 0.25) is 0 Å². The summed E-state index contributed by atoms with van der Waals surface area (Å²) in [6.45, 7) is 0. The second-order valence-electron chi connectivity index (χ2n) is 8.53. The minimum absolute atomic E-state index is 0.0529. The number of amides is 2. The highest BCUT2D eigenvalue weighted by Gasteiger charge is 2.36. The lowest BCUT2D eigenvalue weighted by Gasteiger charge is -2.33. The molecule has 1 unspecified atom stereocenters. The van der Waals surface area contributed by atoms with Gasteiger partial charge in [0.1, 0.15) is 11.8 Å². The van der Waals surface area contributed by atoms with Crippen LogP contribution >= 0.6 is 11.7 Å². The monoisotopic (exact) mass is 510 g/mol. The van der Waals surface area contributed by atoms with E-state index in [0.29, 0.717) is 28.5 Å². The van der Waals surface area contributed by atoms with Gasteiger partial charge in [0.25, 0.3) is 5.91 Å². The number of carbonyl (C=O) groups is 2. The van der Waals surface area contributed by atoms with E-state index in [0.717, 1.165) is 43.8 Å². The van der Waals surface area contributed by atoms with E-state index >= 15 is 0 Å². The summed E-state index contributed by atoms with van der Waals surface area (Å²) in [7, 11) is 4.63. The van der Waals surface area contributed by atoms with Crippen molar-refractivity contribution < 1.29 is 23.8 Å². The Morgan fingerprint density at radius 2 is 1.78 bits per heavy atom. The van der Waals surface area contributed by atoms with Crippen molar-refractivity contribution in [3.05, 3.63) is 59.9 Å². The lowest BCUT2D eigenvalue weighted by atomic mass is 9.94. The minimum atomic E-state index is -1.01. The second-order valence-corrected chi connectivity index (χ2v) is 9.09. The highest BCUT2D eigenvalue weighted by molar-refractivity contribution is 6.99. The summed E-state index contributed by atoms with van der Waals surface area (Å²) >= 11 is 0.934. The standard InChI is InChI=1S/C26H30N4O5S/c1-33-20-11-7-10-19(15-20)30(26(32)21-16-27-36-29-21)24(25(31)28-18-8-5-4-6-9-18)17-12-13-22(34-2)23(14-17)35-3/h7,10-16,18,24H,4-6,8-9H2,1-3H3,(H,28,31). The van der Waals surface area contributed by atoms with Crippen molar-refractivity contribution in [3.8, 4) is 17.2 Å². The average molecular weight is 511 g/mol. The summed E-state index contributed by atoms with van der Waals surface area (Å²) in [5.74, 6) is 0.805. The number of nitrogens with one attached hydrogen (secondary N) is 1. The van der Waals surface area contributed by atoms with Gasteiger partial charge in [-0.2, -0.15) is 8.75 Å². The third-order valence-electron chi connectivity index (χ3n) is 6.31.